The van der Waals surface area contributed by atoms with Gasteiger partial charge in [0.15, 0.2) is 12.7 Å². The largest absolute Gasteiger partial charge is 0.479 e. The number of hydrogen-bond donors (Lipinski definition) is 2. The fourth-order valence-corrected chi connectivity index (χ4v) is 2.75. The molecule has 2 N–H and O–H groups in total. The maximum absolute atomic E-state index is 11.9. The van der Waals surface area contributed by atoms with Gasteiger partial charge in [0.05, 0.1) is 11.6 Å². The van der Waals surface area contributed by atoms with Gasteiger partial charge in [-0.3, -0.25) is 10.1 Å². The molecule has 0 saturated heterocycles. The summed E-state index contributed by atoms with van der Waals surface area (Å²) in [4.78, 5) is 35.4. The lowest BCUT2D eigenvalue weighted by molar-refractivity contribution is -0.154. The van der Waals surface area contributed by atoms with E-state index in [1.807, 2.05) is 6.07 Å². The lowest BCUT2D eigenvalue weighted by Gasteiger charge is -2.22. The van der Waals surface area contributed by atoms with Gasteiger partial charge in [0.2, 0.25) is 0 Å². The molecule has 8 heteroatoms. The van der Waals surface area contributed by atoms with Crippen LogP contribution in [0, 0.1) is 11.3 Å². The maximum Gasteiger partial charge on any atom is 0.347 e. The number of amides is 3. The Balaban J connectivity index is 1.69. The van der Waals surface area contributed by atoms with Gasteiger partial charge in [0.25, 0.3) is 5.91 Å². The number of benzene rings is 1. The third-order valence-electron chi connectivity index (χ3n) is 4.17. The molecule has 1 aromatic carbocycles. The Labute approximate surface area is 157 Å². The molecule has 0 aromatic heterocycles. The minimum Gasteiger partial charge on any atom is -0.479 e. The average molecular weight is 373 g/mol. The normalized spacial score (nSPS) is 15.1. The molecular formula is C19H23N3O5. The first-order valence-corrected chi connectivity index (χ1v) is 8.91. The number of urea groups is 1. The summed E-state index contributed by atoms with van der Waals surface area (Å²) >= 11 is 0. The molecule has 1 fully saturated rings. The Morgan fingerprint density at radius 3 is 2.48 bits per heavy atom. The summed E-state index contributed by atoms with van der Waals surface area (Å²) in [6.45, 7) is 0.909. The molecule has 2 rings (SSSR count). The van der Waals surface area contributed by atoms with Gasteiger partial charge < -0.3 is 14.8 Å². The van der Waals surface area contributed by atoms with Crippen molar-refractivity contribution in [3.8, 4) is 11.8 Å². The Morgan fingerprint density at radius 1 is 1.19 bits per heavy atom. The molecule has 3 amide bonds. The van der Waals surface area contributed by atoms with Crippen LogP contribution in [0.3, 0.4) is 0 Å². The van der Waals surface area contributed by atoms with Crippen LogP contribution in [0.15, 0.2) is 24.3 Å². The fraction of sp³-hybridized carbons (Fsp3) is 0.474. The number of carbonyl (C=O) groups is 3. The molecule has 0 spiro atoms. The van der Waals surface area contributed by atoms with Crippen LogP contribution in [0.5, 0.6) is 5.75 Å². The van der Waals surface area contributed by atoms with E-state index in [2.05, 4.69) is 10.6 Å². The summed E-state index contributed by atoms with van der Waals surface area (Å²) in [5, 5.41) is 13.6. The summed E-state index contributed by atoms with van der Waals surface area (Å²) in [5.74, 6) is -1.04. The van der Waals surface area contributed by atoms with Crippen molar-refractivity contribution in [3.05, 3.63) is 29.8 Å². The van der Waals surface area contributed by atoms with E-state index in [-0.39, 0.29) is 6.04 Å². The summed E-state index contributed by atoms with van der Waals surface area (Å²) in [7, 11) is 0. The van der Waals surface area contributed by atoms with Crippen LogP contribution in [-0.4, -0.2) is 36.7 Å². The van der Waals surface area contributed by atoms with E-state index in [0.29, 0.717) is 11.3 Å². The number of esters is 1. The molecule has 0 aliphatic heterocycles. The zero-order chi connectivity index (χ0) is 19.6. The van der Waals surface area contributed by atoms with Crippen molar-refractivity contribution in [1.82, 2.24) is 10.6 Å². The first-order chi connectivity index (χ1) is 13.0. The number of imide groups is 1. The van der Waals surface area contributed by atoms with Gasteiger partial charge in [-0.1, -0.05) is 19.3 Å². The monoisotopic (exact) mass is 373 g/mol. The summed E-state index contributed by atoms with van der Waals surface area (Å²) in [6.07, 6.45) is 4.15. The number of ether oxygens (including phenoxy) is 2. The zero-order valence-corrected chi connectivity index (χ0v) is 15.2. The highest BCUT2D eigenvalue weighted by Gasteiger charge is 2.20. The molecule has 0 bridgehead atoms. The molecule has 8 nitrogen and oxygen atoms in total. The molecule has 0 heterocycles. The van der Waals surface area contributed by atoms with Gasteiger partial charge >= 0.3 is 12.0 Å². The third kappa shape index (κ3) is 6.98. The van der Waals surface area contributed by atoms with Gasteiger partial charge in [-0.15, -0.1) is 0 Å². The smallest absolute Gasteiger partial charge is 0.347 e. The first-order valence-electron chi connectivity index (χ1n) is 8.91. The van der Waals surface area contributed by atoms with E-state index in [9.17, 15) is 14.4 Å². The van der Waals surface area contributed by atoms with Gasteiger partial charge in [-0.2, -0.15) is 5.26 Å². The minimum absolute atomic E-state index is 0.0787. The van der Waals surface area contributed by atoms with Crippen molar-refractivity contribution >= 4 is 17.9 Å². The lowest BCUT2D eigenvalue weighted by Crippen LogP contribution is -2.46. The van der Waals surface area contributed by atoms with Crippen LogP contribution in [0.4, 0.5) is 4.79 Å². The predicted molar refractivity (Wildman–Crippen MR) is 95.8 cm³/mol. The van der Waals surface area contributed by atoms with E-state index < -0.39 is 30.6 Å². The maximum atomic E-state index is 11.9. The number of carbonyl (C=O) groups excluding carboxylic acids is 3. The average Bonchev–Trinajstić information content (AvgIpc) is 2.67. The second kappa shape index (κ2) is 10.2. The summed E-state index contributed by atoms with van der Waals surface area (Å²) < 4.78 is 10.3. The van der Waals surface area contributed by atoms with Gasteiger partial charge in [-0.05, 0) is 44.0 Å². The first kappa shape index (κ1) is 20.2. The van der Waals surface area contributed by atoms with Crippen molar-refractivity contribution in [2.24, 2.45) is 0 Å². The SMILES string of the molecule is C[C@H](Oc1ccc(C#N)cc1)C(=O)OCC(=O)NC(=O)NC1CCCCC1. The predicted octanol–water partition coefficient (Wildman–Crippen LogP) is 2.03. The van der Waals surface area contributed by atoms with Crippen molar-refractivity contribution in [3.63, 3.8) is 0 Å². The molecular weight excluding hydrogens is 350 g/mol. The second-order valence-electron chi connectivity index (χ2n) is 6.36. The highest BCUT2D eigenvalue weighted by Crippen LogP contribution is 2.17. The summed E-state index contributed by atoms with van der Waals surface area (Å²) in [5.41, 5.74) is 0.473. The molecule has 1 saturated carbocycles. The van der Waals surface area contributed by atoms with Crippen molar-refractivity contribution < 1.29 is 23.9 Å². The zero-order valence-electron chi connectivity index (χ0n) is 15.2. The molecule has 1 aliphatic rings. The fourth-order valence-electron chi connectivity index (χ4n) is 2.75. The minimum atomic E-state index is -0.943. The standard InChI is InChI=1S/C19H23N3O5/c1-13(27-16-9-7-14(11-20)8-10-16)18(24)26-12-17(23)22-19(25)21-15-5-3-2-4-6-15/h7-10,13,15H,2-6,12H2,1H3,(H2,21,22,23,25)/t13-/m0/s1. The molecule has 1 aromatic rings. The Kier molecular flexibility index (Phi) is 7.62. The van der Waals surface area contributed by atoms with Crippen LogP contribution in [0.1, 0.15) is 44.6 Å². The van der Waals surface area contributed by atoms with Crippen LogP contribution in [0.2, 0.25) is 0 Å². The third-order valence-corrected chi connectivity index (χ3v) is 4.17. The number of nitriles is 1. The van der Waals surface area contributed by atoms with Crippen LogP contribution < -0.4 is 15.4 Å². The molecule has 27 heavy (non-hydrogen) atoms. The van der Waals surface area contributed by atoms with Crippen molar-refractivity contribution in [2.45, 2.75) is 51.2 Å². The topological polar surface area (TPSA) is 118 Å². The lowest BCUT2D eigenvalue weighted by atomic mass is 9.96. The Hall–Kier alpha value is -3.08. The van der Waals surface area contributed by atoms with E-state index >= 15 is 0 Å². The number of nitrogens with zero attached hydrogens (tertiary/aromatic N) is 1. The highest BCUT2D eigenvalue weighted by molar-refractivity contribution is 5.95. The van der Waals surface area contributed by atoms with E-state index in [1.165, 1.54) is 6.92 Å². The second-order valence-corrected chi connectivity index (χ2v) is 6.36. The van der Waals surface area contributed by atoms with E-state index in [4.69, 9.17) is 14.7 Å². The summed E-state index contributed by atoms with van der Waals surface area (Å²) in [6, 6.07) is 7.72. The Morgan fingerprint density at radius 2 is 1.85 bits per heavy atom. The molecule has 0 radical (unpaired) electrons. The van der Waals surface area contributed by atoms with Gasteiger partial charge in [0.1, 0.15) is 5.75 Å². The Bertz CT molecular complexity index is 705. The van der Waals surface area contributed by atoms with E-state index in [1.54, 1.807) is 24.3 Å². The van der Waals surface area contributed by atoms with E-state index in [0.717, 1.165) is 32.1 Å². The van der Waals surface area contributed by atoms with Gasteiger partial charge in [-0.25, -0.2) is 9.59 Å². The van der Waals surface area contributed by atoms with Crippen LogP contribution in [-0.2, 0) is 14.3 Å². The quantitative estimate of drug-likeness (QED) is 0.737. The number of hydrogen-bond acceptors (Lipinski definition) is 6. The van der Waals surface area contributed by atoms with Crippen LogP contribution >= 0.6 is 0 Å². The number of rotatable bonds is 6. The molecule has 1 aliphatic carbocycles. The van der Waals surface area contributed by atoms with Gasteiger partial charge in [0, 0.05) is 6.04 Å². The molecule has 0 unspecified atom stereocenters. The van der Waals surface area contributed by atoms with Crippen molar-refractivity contribution in [2.75, 3.05) is 6.61 Å². The molecule has 144 valence electrons. The number of nitrogens with one attached hydrogen (secondary N) is 2. The van der Waals surface area contributed by atoms with Crippen LogP contribution in [0.25, 0.3) is 0 Å². The molecule has 1 atom stereocenters. The highest BCUT2D eigenvalue weighted by atomic mass is 16.6. The van der Waals surface area contributed by atoms with Crippen molar-refractivity contribution in [1.29, 1.82) is 5.26 Å².